The van der Waals surface area contributed by atoms with Gasteiger partial charge in [0.15, 0.2) is 0 Å². The summed E-state index contributed by atoms with van der Waals surface area (Å²) < 4.78 is 4.78. The first-order valence-corrected chi connectivity index (χ1v) is 7.22. The van der Waals surface area contributed by atoms with Gasteiger partial charge >= 0.3 is 5.97 Å². The van der Waals surface area contributed by atoms with Gasteiger partial charge in [0.25, 0.3) is 0 Å². The molecule has 1 fully saturated rings. The number of piperidine rings is 1. The Kier molecular flexibility index (Phi) is 5.35. The van der Waals surface area contributed by atoms with Crippen LogP contribution in [0.5, 0.6) is 0 Å². The third kappa shape index (κ3) is 3.48. The van der Waals surface area contributed by atoms with E-state index in [1.807, 2.05) is 13.1 Å². The Morgan fingerprint density at radius 2 is 2.40 bits per heavy atom. The van der Waals surface area contributed by atoms with Crippen LogP contribution in [0.4, 0.5) is 5.82 Å². The molecule has 0 radical (unpaired) electrons. The molecule has 0 amide bonds. The van der Waals surface area contributed by atoms with Gasteiger partial charge in [0.1, 0.15) is 5.82 Å². The highest BCUT2D eigenvalue weighted by Gasteiger charge is 2.23. The van der Waals surface area contributed by atoms with Crippen molar-refractivity contribution in [2.75, 3.05) is 32.1 Å². The summed E-state index contributed by atoms with van der Waals surface area (Å²) in [4.78, 5) is 18.4. The lowest BCUT2D eigenvalue weighted by Gasteiger charge is -2.37. The number of anilines is 1. The fraction of sp³-hybridized carbons (Fsp3) is 0.600. The summed E-state index contributed by atoms with van der Waals surface area (Å²) in [5.41, 5.74) is 0.565. The fourth-order valence-electron chi connectivity index (χ4n) is 2.73. The van der Waals surface area contributed by atoms with E-state index in [1.54, 1.807) is 12.3 Å². The number of pyridine rings is 1. The topological polar surface area (TPSA) is 54.5 Å². The Balaban J connectivity index is 2.16. The predicted octanol–water partition coefficient (Wildman–Crippen LogP) is 1.84. The number of ether oxygens (including phenoxy) is 1. The molecule has 0 spiro atoms. The first-order chi connectivity index (χ1) is 9.76. The summed E-state index contributed by atoms with van der Waals surface area (Å²) in [5.74, 6) is 0.575. The molecule has 1 unspecified atom stereocenters. The molecule has 0 saturated carbocycles. The predicted molar refractivity (Wildman–Crippen MR) is 79.1 cm³/mol. The zero-order valence-electron chi connectivity index (χ0n) is 12.3. The fourth-order valence-corrected chi connectivity index (χ4v) is 2.73. The smallest absolute Gasteiger partial charge is 0.338 e. The second-order valence-electron chi connectivity index (χ2n) is 5.13. The average Bonchev–Trinajstić information content (AvgIpc) is 2.52. The molecule has 1 saturated heterocycles. The lowest BCUT2D eigenvalue weighted by molar-refractivity contribution is 0.0600. The maximum atomic E-state index is 11.6. The first-order valence-electron chi connectivity index (χ1n) is 7.22. The van der Waals surface area contributed by atoms with Crippen molar-refractivity contribution in [3.8, 4) is 0 Å². The number of hydrogen-bond acceptors (Lipinski definition) is 5. The highest BCUT2D eigenvalue weighted by molar-refractivity contribution is 5.90. The van der Waals surface area contributed by atoms with Crippen LogP contribution in [0.3, 0.4) is 0 Å². The van der Waals surface area contributed by atoms with Crippen LogP contribution in [-0.2, 0) is 4.74 Å². The van der Waals surface area contributed by atoms with Crippen molar-refractivity contribution in [1.82, 2.24) is 10.3 Å². The second-order valence-corrected chi connectivity index (χ2v) is 5.13. The van der Waals surface area contributed by atoms with Crippen molar-refractivity contribution in [2.45, 2.75) is 31.7 Å². The second kappa shape index (κ2) is 7.24. The van der Waals surface area contributed by atoms with E-state index in [-0.39, 0.29) is 5.97 Å². The summed E-state index contributed by atoms with van der Waals surface area (Å²) >= 11 is 0. The van der Waals surface area contributed by atoms with Gasteiger partial charge in [0.2, 0.25) is 0 Å². The van der Waals surface area contributed by atoms with Crippen LogP contribution < -0.4 is 10.2 Å². The molecule has 2 heterocycles. The minimum Gasteiger partial charge on any atom is -0.465 e. The Hall–Kier alpha value is -1.62. The van der Waals surface area contributed by atoms with E-state index in [0.717, 1.165) is 25.3 Å². The molecule has 0 aromatic carbocycles. The summed E-state index contributed by atoms with van der Waals surface area (Å²) in [6, 6.07) is 4.03. The van der Waals surface area contributed by atoms with E-state index in [2.05, 4.69) is 15.2 Å². The van der Waals surface area contributed by atoms with Gasteiger partial charge in [-0.25, -0.2) is 9.78 Å². The number of nitrogens with zero attached hydrogens (tertiary/aromatic N) is 2. The molecule has 1 aromatic heterocycles. The van der Waals surface area contributed by atoms with Crippen LogP contribution in [-0.4, -0.2) is 44.2 Å². The van der Waals surface area contributed by atoms with E-state index >= 15 is 0 Å². The molecule has 5 nitrogen and oxygen atoms in total. The largest absolute Gasteiger partial charge is 0.465 e. The van der Waals surface area contributed by atoms with E-state index in [0.29, 0.717) is 11.6 Å². The molecule has 0 aliphatic carbocycles. The Labute approximate surface area is 120 Å². The zero-order valence-corrected chi connectivity index (χ0v) is 12.3. The maximum absolute atomic E-state index is 11.6. The SMILES string of the molecule is CNCCC1CCCCN1c1cc(C(=O)OC)ccn1. The van der Waals surface area contributed by atoms with Crippen molar-refractivity contribution in [1.29, 1.82) is 0 Å². The number of carbonyl (C=O) groups excluding carboxylic acids is 1. The minimum absolute atomic E-state index is 0.308. The summed E-state index contributed by atoms with van der Waals surface area (Å²) in [5, 5.41) is 3.20. The van der Waals surface area contributed by atoms with E-state index in [4.69, 9.17) is 4.74 Å². The number of hydrogen-bond donors (Lipinski definition) is 1. The minimum atomic E-state index is -0.308. The van der Waals surface area contributed by atoms with Gasteiger partial charge in [-0.1, -0.05) is 0 Å². The summed E-state index contributed by atoms with van der Waals surface area (Å²) in [6.07, 6.45) is 6.42. The number of methoxy groups -OCH3 is 1. The Bertz CT molecular complexity index is 450. The summed E-state index contributed by atoms with van der Waals surface area (Å²) in [7, 11) is 3.38. The average molecular weight is 277 g/mol. The molecule has 20 heavy (non-hydrogen) atoms. The van der Waals surface area contributed by atoms with Gasteiger partial charge in [-0.2, -0.15) is 0 Å². The molecule has 1 aliphatic heterocycles. The molecule has 1 aliphatic rings. The van der Waals surface area contributed by atoms with Gasteiger partial charge in [-0.3, -0.25) is 0 Å². The highest BCUT2D eigenvalue weighted by Crippen LogP contribution is 2.25. The van der Waals surface area contributed by atoms with Crippen molar-refractivity contribution < 1.29 is 9.53 Å². The van der Waals surface area contributed by atoms with Crippen molar-refractivity contribution in [3.63, 3.8) is 0 Å². The first kappa shape index (κ1) is 14.8. The Morgan fingerprint density at radius 3 is 3.15 bits per heavy atom. The highest BCUT2D eigenvalue weighted by atomic mass is 16.5. The number of aromatic nitrogens is 1. The van der Waals surface area contributed by atoms with Gasteiger partial charge in [0, 0.05) is 18.8 Å². The van der Waals surface area contributed by atoms with Gasteiger partial charge in [-0.15, -0.1) is 0 Å². The van der Waals surface area contributed by atoms with Gasteiger partial charge in [0.05, 0.1) is 12.7 Å². The van der Waals surface area contributed by atoms with E-state index in [9.17, 15) is 4.79 Å². The van der Waals surface area contributed by atoms with Crippen LogP contribution in [0, 0.1) is 0 Å². The molecule has 110 valence electrons. The van der Waals surface area contributed by atoms with Crippen LogP contribution in [0.15, 0.2) is 18.3 Å². The lowest BCUT2D eigenvalue weighted by Crippen LogP contribution is -2.41. The molecule has 1 N–H and O–H groups in total. The number of esters is 1. The van der Waals surface area contributed by atoms with Crippen molar-refractivity contribution in [3.05, 3.63) is 23.9 Å². The third-order valence-electron chi connectivity index (χ3n) is 3.82. The van der Waals surface area contributed by atoms with Crippen molar-refractivity contribution in [2.24, 2.45) is 0 Å². The lowest BCUT2D eigenvalue weighted by atomic mass is 9.99. The number of nitrogens with one attached hydrogen (secondary N) is 1. The van der Waals surface area contributed by atoms with E-state index in [1.165, 1.54) is 26.4 Å². The third-order valence-corrected chi connectivity index (χ3v) is 3.82. The monoisotopic (exact) mass is 277 g/mol. The van der Waals surface area contributed by atoms with Gasteiger partial charge < -0.3 is 15.0 Å². The molecule has 2 rings (SSSR count). The van der Waals surface area contributed by atoms with Crippen LogP contribution >= 0.6 is 0 Å². The Morgan fingerprint density at radius 1 is 1.55 bits per heavy atom. The maximum Gasteiger partial charge on any atom is 0.338 e. The molecular formula is C15H23N3O2. The number of rotatable bonds is 5. The van der Waals surface area contributed by atoms with E-state index < -0.39 is 0 Å². The van der Waals surface area contributed by atoms with Crippen LogP contribution in [0.25, 0.3) is 0 Å². The van der Waals surface area contributed by atoms with Crippen molar-refractivity contribution >= 4 is 11.8 Å². The molecule has 0 bridgehead atoms. The zero-order chi connectivity index (χ0) is 14.4. The number of carbonyl (C=O) groups is 1. The molecular weight excluding hydrogens is 254 g/mol. The van der Waals surface area contributed by atoms with Crippen LogP contribution in [0.2, 0.25) is 0 Å². The standard InChI is InChI=1S/C15H23N3O2/c1-16-8-7-13-5-3-4-10-18(13)14-11-12(6-9-17-14)15(19)20-2/h6,9,11,13,16H,3-5,7-8,10H2,1-2H3. The quantitative estimate of drug-likeness (QED) is 0.832. The molecule has 5 heteroatoms. The molecule has 1 atom stereocenters. The van der Waals surface area contributed by atoms with Gasteiger partial charge in [-0.05, 0) is 51.4 Å². The summed E-state index contributed by atoms with van der Waals surface area (Å²) in [6.45, 7) is 2.00. The van der Waals surface area contributed by atoms with Crippen LogP contribution in [0.1, 0.15) is 36.0 Å². The normalized spacial score (nSPS) is 18.9. The molecule has 1 aromatic rings.